The first kappa shape index (κ1) is 20.0. The Labute approximate surface area is 141 Å². The van der Waals surface area contributed by atoms with Crippen LogP contribution < -0.4 is 5.32 Å². The standard InChI is InChI=1S/C19H35NO3/c21-18(16-17-12-8-7-9-13-17)20-15-11-6-4-2-1-3-5-10-14-19(22)23/h17H,1-16H2,(H,20,21)(H,22,23). The van der Waals surface area contributed by atoms with Crippen LogP contribution in [0.1, 0.15) is 96.3 Å². The lowest BCUT2D eigenvalue weighted by Gasteiger charge is -2.20. The summed E-state index contributed by atoms with van der Waals surface area (Å²) in [6, 6.07) is 0. The Kier molecular flexibility index (Phi) is 11.6. The number of carbonyl (C=O) groups excluding carboxylic acids is 1. The van der Waals surface area contributed by atoms with Crippen molar-refractivity contribution in [3.63, 3.8) is 0 Å². The van der Waals surface area contributed by atoms with Gasteiger partial charge in [-0.2, -0.15) is 0 Å². The molecule has 2 N–H and O–H groups in total. The van der Waals surface area contributed by atoms with Crippen molar-refractivity contribution in [3.8, 4) is 0 Å². The zero-order valence-electron chi connectivity index (χ0n) is 14.7. The molecular weight excluding hydrogens is 290 g/mol. The normalized spacial score (nSPS) is 15.5. The van der Waals surface area contributed by atoms with Gasteiger partial charge in [-0.15, -0.1) is 0 Å². The Morgan fingerprint density at radius 2 is 1.39 bits per heavy atom. The second-order valence-electron chi connectivity index (χ2n) is 7.03. The van der Waals surface area contributed by atoms with Gasteiger partial charge in [0.25, 0.3) is 0 Å². The quantitative estimate of drug-likeness (QED) is 0.484. The number of carboxylic acid groups (broad SMARTS) is 1. The van der Waals surface area contributed by atoms with Crippen LogP contribution in [0.4, 0.5) is 0 Å². The van der Waals surface area contributed by atoms with E-state index in [1.165, 1.54) is 57.8 Å². The Morgan fingerprint density at radius 1 is 0.826 bits per heavy atom. The van der Waals surface area contributed by atoms with E-state index in [2.05, 4.69) is 5.32 Å². The summed E-state index contributed by atoms with van der Waals surface area (Å²) in [5, 5.41) is 11.6. The molecule has 0 radical (unpaired) electrons. The molecule has 0 aromatic carbocycles. The number of hydrogen-bond acceptors (Lipinski definition) is 2. The van der Waals surface area contributed by atoms with Gasteiger partial charge in [-0.1, -0.05) is 57.8 Å². The van der Waals surface area contributed by atoms with Crippen LogP contribution >= 0.6 is 0 Å². The molecular formula is C19H35NO3. The van der Waals surface area contributed by atoms with Crippen molar-refractivity contribution in [2.24, 2.45) is 5.92 Å². The molecule has 0 aliphatic heterocycles. The summed E-state index contributed by atoms with van der Waals surface area (Å²) in [5.41, 5.74) is 0. The zero-order chi connectivity index (χ0) is 16.8. The molecule has 1 rings (SSSR count). The van der Waals surface area contributed by atoms with E-state index in [1.54, 1.807) is 0 Å². The van der Waals surface area contributed by atoms with Crippen LogP contribution in [-0.2, 0) is 9.59 Å². The van der Waals surface area contributed by atoms with Gasteiger partial charge in [0, 0.05) is 19.4 Å². The molecule has 4 nitrogen and oxygen atoms in total. The van der Waals surface area contributed by atoms with E-state index in [4.69, 9.17) is 5.11 Å². The van der Waals surface area contributed by atoms with Crippen LogP contribution in [-0.4, -0.2) is 23.5 Å². The average Bonchev–Trinajstić information content (AvgIpc) is 2.53. The van der Waals surface area contributed by atoms with E-state index in [-0.39, 0.29) is 5.91 Å². The molecule has 0 aromatic heterocycles. The van der Waals surface area contributed by atoms with Gasteiger partial charge in [0.2, 0.25) is 5.91 Å². The van der Waals surface area contributed by atoms with Crippen molar-refractivity contribution >= 4 is 11.9 Å². The van der Waals surface area contributed by atoms with Crippen molar-refractivity contribution in [2.45, 2.75) is 96.3 Å². The van der Waals surface area contributed by atoms with Crippen LogP contribution in [0.2, 0.25) is 0 Å². The summed E-state index contributed by atoms with van der Waals surface area (Å²) in [7, 11) is 0. The predicted octanol–water partition coefficient (Wildman–Crippen LogP) is 4.67. The summed E-state index contributed by atoms with van der Waals surface area (Å²) in [4.78, 5) is 22.2. The molecule has 4 heteroatoms. The van der Waals surface area contributed by atoms with Gasteiger partial charge in [-0.05, 0) is 31.6 Å². The topological polar surface area (TPSA) is 66.4 Å². The maximum Gasteiger partial charge on any atom is 0.303 e. The minimum atomic E-state index is -0.685. The molecule has 0 atom stereocenters. The molecule has 0 aromatic rings. The third kappa shape index (κ3) is 12.1. The number of hydrogen-bond donors (Lipinski definition) is 2. The molecule has 0 unspecified atom stereocenters. The lowest BCUT2D eigenvalue weighted by Crippen LogP contribution is -2.27. The molecule has 0 saturated heterocycles. The van der Waals surface area contributed by atoms with E-state index in [0.29, 0.717) is 12.3 Å². The van der Waals surface area contributed by atoms with Crippen LogP contribution in [0, 0.1) is 5.92 Å². The van der Waals surface area contributed by atoms with Crippen molar-refractivity contribution in [1.82, 2.24) is 5.32 Å². The first-order valence-corrected chi connectivity index (χ1v) is 9.67. The number of nitrogens with one attached hydrogen (secondary N) is 1. The monoisotopic (exact) mass is 325 g/mol. The van der Waals surface area contributed by atoms with Crippen molar-refractivity contribution in [3.05, 3.63) is 0 Å². The second-order valence-corrected chi connectivity index (χ2v) is 7.03. The number of carbonyl (C=O) groups is 2. The number of amides is 1. The Hall–Kier alpha value is -1.06. The third-order valence-electron chi connectivity index (χ3n) is 4.84. The zero-order valence-corrected chi connectivity index (χ0v) is 14.7. The highest BCUT2D eigenvalue weighted by atomic mass is 16.4. The maximum atomic E-state index is 11.8. The number of aliphatic carboxylic acids is 1. The van der Waals surface area contributed by atoms with E-state index in [1.807, 2.05) is 0 Å². The lowest BCUT2D eigenvalue weighted by molar-refractivity contribution is -0.137. The van der Waals surface area contributed by atoms with Crippen LogP contribution in [0.15, 0.2) is 0 Å². The summed E-state index contributed by atoms with van der Waals surface area (Å²) < 4.78 is 0. The molecule has 0 spiro atoms. The van der Waals surface area contributed by atoms with Gasteiger partial charge in [-0.25, -0.2) is 0 Å². The van der Waals surface area contributed by atoms with Crippen LogP contribution in [0.25, 0.3) is 0 Å². The van der Waals surface area contributed by atoms with Crippen molar-refractivity contribution < 1.29 is 14.7 Å². The molecule has 1 aliphatic rings. The fourth-order valence-electron chi connectivity index (χ4n) is 3.42. The lowest BCUT2D eigenvalue weighted by atomic mass is 9.87. The van der Waals surface area contributed by atoms with Gasteiger partial charge >= 0.3 is 5.97 Å². The van der Waals surface area contributed by atoms with E-state index in [0.717, 1.165) is 38.6 Å². The molecule has 23 heavy (non-hydrogen) atoms. The van der Waals surface area contributed by atoms with Crippen LogP contribution in [0.3, 0.4) is 0 Å². The van der Waals surface area contributed by atoms with E-state index in [9.17, 15) is 9.59 Å². The number of unbranched alkanes of at least 4 members (excludes halogenated alkanes) is 7. The SMILES string of the molecule is O=C(O)CCCCCCCCCCNC(=O)CC1CCCCC1. The van der Waals surface area contributed by atoms with Gasteiger partial charge in [0.1, 0.15) is 0 Å². The minimum absolute atomic E-state index is 0.246. The molecule has 134 valence electrons. The van der Waals surface area contributed by atoms with E-state index < -0.39 is 5.97 Å². The summed E-state index contributed by atoms with van der Waals surface area (Å²) in [6.45, 7) is 0.824. The number of rotatable bonds is 13. The number of carboxylic acids is 1. The van der Waals surface area contributed by atoms with Crippen LogP contribution in [0.5, 0.6) is 0 Å². The molecule has 1 saturated carbocycles. The highest BCUT2D eigenvalue weighted by Crippen LogP contribution is 2.26. The molecule has 0 bridgehead atoms. The average molecular weight is 325 g/mol. The van der Waals surface area contributed by atoms with Gasteiger partial charge < -0.3 is 10.4 Å². The third-order valence-corrected chi connectivity index (χ3v) is 4.84. The fraction of sp³-hybridized carbons (Fsp3) is 0.895. The second kappa shape index (κ2) is 13.4. The van der Waals surface area contributed by atoms with Gasteiger partial charge in [0.15, 0.2) is 0 Å². The smallest absolute Gasteiger partial charge is 0.303 e. The summed E-state index contributed by atoms with van der Waals surface area (Å²) in [5.74, 6) is 0.191. The molecule has 0 heterocycles. The first-order chi connectivity index (χ1) is 11.2. The van der Waals surface area contributed by atoms with Crippen molar-refractivity contribution in [2.75, 3.05) is 6.54 Å². The maximum absolute atomic E-state index is 11.8. The predicted molar refractivity (Wildman–Crippen MR) is 93.4 cm³/mol. The Morgan fingerprint density at radius 3 is 2.00 bits per heavy atom. The highest BCUT2D eigenvalue weighted by molar-refractivity contribution is 5.76. The Bertz CT molecular complexity index is 325. The minimum Gasteiger partial charge on any atom is -0.481 e. The fourth-order valence-corrected chi connectivity index (χ4v) is 3.42. The first-order valence-electron chi connectivity index (χ1n) is 9.67. The molecule has 1 fully saturated rings. The summed E-state index contributed by atoms with van der Waals surface area (Å²) in [6.07, 6.45) is 16.3. The molecule has 1 aliphatic carbocycles. The van der Waals surface area contributed by atoms with Gasteiger partial charge in [-0.3, -0.25) is 9.59 Å². The molecule has 1 amide bonds. The summed E-state index contributed by atoms with van der Waals surface area (Å²) >= 11 is 0. The Balaban J connectivity index is 1.80. The highest BCUT2D eigenvalue weighted by Gasteiger charge is 2.16. The van der Waals surface area contributed by atoms with Gasteiger partial charge in [0.05, 0.1) is 0 Å². The van der Waals surface area contributed by atoms with E-state index >= 15 is 0 Å². The largest absolute Gasteiger partial charge is 0.481 e. The van der Waals surface area contributed by atoms with Crippen molar-refractivity contribution in [1.29, 1.82) is 0 Å².